The van der Waals surface area contributed by atoms with Gasteiger partial charge in [-0.3, -0.25) is 24.1 Å². The average molecular weight is 774 g/mol. The molecule has 12 nitrogen and oxygen atoms in total. The minimum Gasteiger partial charge on any atom is -0.379 e. The van der Waals surface area contributed by atoms with E-state index in [-0.39, 0.29) is 77.6 Å². The first-order chi connectivity index (χ1) is 25.2. The lowest BCUT2D eigenvalue weighted by Gasteiger charge is -2.39. The lowest BCUT2D eigenvalue weighted by atomic mass is 9.90. The molecule has 0 radical (unpaired) electrons. The third kappa shape index (κ3) is 12.8. The summed E-state index contributed by atoms with van der Waals surface area (Å²) in [5.74, 6) is 0.0376. The van der Waals surface area contributed by atoms with Crippen molar-refractivity contribution in [3.8, 4) is 11.3 Å². The molecule has 0 saturated carbocycles. The first-order valence-corrected chi connectivity index (χ1v) is 21.0. The summed E-state index contributed by atoms with van der Waals surface area (Å²) in [4.78, 5) is 59.3. The summed E-state index contributed by atoms with van der Waals surface area (Å²) in [6.45, 7) is 11.6. The van der Waals surface area contributed by atoms with Gasteiger partial charge in [0.1, 0.15) is 5.69 Å². The molecule has 2 N–H and O–H groups in total. The lowest BCUT2D eigenvalue weighted by molar-refractivity contribution is -0.143. The van der Waals surface area contributed by atoms with Crippen LogP contribution >= 0.6 is 23.3 Å². The van der Waals surface area contributed by atoms with Crippen LogP contribution in [0.25, 0.3) is 11.3 Å². The molecule has 53 heavy (non-hydrogen) atoms. The van der Waals surface area contributed by atoms with Crippen LogP contribution in [-0.2, 0) is 30.5 Å². The Kier molecular flexibility index (Phi) is 18.2. The smallest absolute Gasteiger partial charge is 0.237 e. The fourth-order valence-electron chi connectivity index (χ4n) is 7.47. The molecule has 3 rings (SSSR count). The van der Waals surface area contributed by atoms with Gasteiger partial charge in [-0.1, -0.05) is 69.8 Å². The number of carbonyl (C=O) groups is 4. The van der Waals surface area contributed by atoms with E-state index in [9.17, 15) is 19.2 Å². The maximum atomic E-state index is 14.0. The molecule has 0 bridgehead atoms. The first kappa shape index (κ1) is 44.3. The average Bonchev–Trinajstić information content (AvgIpc) is 3.85. The van der Waals surface area contributed by atoms with Gasteiger partial charge in [0.05, 0.1) is 24.6 Å². The Morgan fingerprint density at radius 3 is 2.30 bits per heavy atom. The van der Waals surface area contributed by atoms with E-state index >= 15 is 0 Å². The zero-order valence-corrected chi connectivity index (χ0v) is 35.1. The van der Waals surface area contributed by atoms with Crippen LogP contribution in [0.1, 0.15) is 78.7 Å². The molecule has 0 aliphatic carbocycles. The molecule has 1 aliphatic heterocycles. The van der Waals surface area contributed by atoms with Crippen LogP contribution in [0, 0.1) is 17.8 Å². The molecule has 7 atom stereocenters. The Balaban J connectivity index is 1.59. The van der Waals surface area contributed by atoms with Crippen LogP contribution in [0.5, 0.6) is 0 Å². The molecule has 296 valence electrons. The maximum Gasteiger partial charge on any atom is 0.237 e. The standard InChI is InChI=1S/C39H63N7O5S2/c1-11-27(5)38(45(8)35(48)19-26(4)22-41-39(50)37(25(2)3)44(6)7)32(51-9)20-36(49)46-18-12-13-31(46)33(52-10)21-34(47)40-23-28-14-16-29(17-15-28)30-24-53-43-42-30/h14-17,24-27,31-33,37-38H,11-13,18-23H2,1-10H3,(H,40,47)(H,41,50). The Morgan fingerprint density at radius 1 is 1.04 bits per heavy atom. The van der Waals surface area contributed by atoms with Crippen molar-refractivity contribution in [1.29, 1.82) is 0 Å². The number of aromatic nitrogens is 2. The summed E-state index contributed by atoms with van der Waals surface area (Å²) >= 11 is 2.93. The van der Waals surface area contributed by atoms with E-state index in [2.05, 4.69) is 34.1 Å². The quantitative estimate of drug-likeness (QED) is 0.181. The number of carbonyl (C=O) groups excluding carboxylic acids is 4. The molecular weight excluding hydrogens is 711 g/mol. The molecule has 1 fully saturated rings. The third-order valence-electron chi connectivity index (χ3n) is 10.6. The van der Waals surface area contributed by atoms with Gasteiger partial charge >= 0.3 is 0 Å². The monoisotopic (exact) mass is 773 g/mol. The second kappa shape index (κ2) is 21.7. The Labute approximate surface area is 325 Å². The summed E-state index contributed by atoms with van der Waals surface area (Å²) < 4.78 is 9.92. The van der Waals surface area contributed by atoms with Gasteiger partial charge in [-0.15, -0.1) is 5.10 Å². The highest BCUT2D eigenvalue weighted by atomic mass is 32.2. The summed E-state index contributed by atoms with van der Waals surface area (Å²) in [7, 11) is 7.21. The summed E-state index contributed by atoms with van der Waals surface area (Å²) in [5, 5.41) is 12.1. The van der Waals surface area contributed by atoms with Gasteiger partial charge in [0.25, 0.3) is 0 Å². The number of hydrogen-bond donors (Lipinski definition) is 2. The van der Waals surface area contributed by atoms with Crippen molar-refractivity contribution >= 4 is 46.9 Å². The molecule has 2 heterocycles. The van der Waals surface area contributed by atoms with Crippen LogP contribution in [0.3, 0.4) is 0 Å². The van der Waals surface area contributed by atoms with Gasteiger partial charge < -0.3 is 25.2 Å². The number of ether oxygens (including phenoxy) is 1. The number of likely N-dealkylation sites (tertiary alicyclic amines) is 1. The Morgan fingerprint density at radius 2 is 1.74 bits per heavy atom. The molecule has 4 amide bonds. The number of methoxy groups -OCH3 is 1. The minimum atomic E-state index is -0.497. The zero-order valence-electron chi connectivity index (χ0n) is 33.5. The Hall–Kier alpha value is -3.07. The van der Waals surface area contributed by atoms with Gasteiger partial charge in [0.15, 0.2) is 0 Å². The fourth-order valence-corrected chi connectivity index (χ4v) is 8.85. The van der Waals surface area contributed by atoms with Gasteiger partial charge in [0.2, 0.25) is 23.6 Å². The van der Waals surface area contributed by atoms with E-state index in [1.165, 1.54) is 11.5 Å². The van der Waals surface area contributed by atoms with Crippen molar-refractivity contribution in [2.45, 2.75) is 109 Å². The van der Waals surface area contributed by atoms with E-state index in [0.29, 0.717) is 26.1 Å². The number of rotatable bonds is 21. The number of hydrogen-bond acceptors (Lipinski definition) is 10. The van der Waals surface area contributed by atoms with E-state index in [4.69, 9.17) is 4.74 Å². The summed E-state index contributed by atoms with van der Waals surface area (Å²) in [6.07, 6.45) is 4.75. The zero-order chi connectivity index (χ0) is 39.2. The van der Waals surface area contributed by atoms with Crippen LogP contribution in [-0.4, -0.2) is 125 Å². The third-order valence-corrected chi connectivity index (χ3v) is 12.2. The number of nitrogens with one attached hydrogen (secondary N) is 2. The number of thioether (sulfide) groups is 1. The van der Waals surface area contributed by atoms with Crippen LogP contribution in [0.4, 0.5) is 0 Å². The number of amides is 4. The SMILES string of the molecule is CCC(C)C(C(CC(=O)N1CCCC1C(CC(=O)NCc1ccc(-c2csnn2)cc1)SC)OC)N(C)C(=O)CC(C)CNC(=O)C(C(C)C)N(C)C. The van der Waals surface area contributed by atoms with Crippen molar-refractivity contribution in [2.75, 3.05) is 47.6 Å². The summed E-state index contributed by atoms with van der Waals surface area (Å²) in [6, 6.07) is 7.32. The molecule has 1 aliphatic rings. The molecule has 0 spiro atoms. The maximum absolute atomic E-state index is 14.0. The number of likely N-dealkylation sites (N-methyl/N-ethyl adjacent to an activating group) is 2. The topological polar surface area (TPSA) is 137 Å². The lowest BCUT2D eigenvalue weighted by Crippen LogP contribution is -2.52. The molecule has 14 heteroatoms. The second-order valence-corrected chi connectivity index (χ2v) is 16.8. The van der Waals surface area contributed by atoms with Crippen molar-refractivity contribution in [3.63, 3.8) is 0 Å². The predicted molar refractivity (Wildman–Crippen MR) is 214 cm³/mol. The minimum absolute atomic E-state index is 0.0139. The van der Waals surface area contributed by atoms with Gasteiger partial charge in [-0.05, 0) is 68.0 Å². The van der Waals surface area contributed by atoms with Crippen molar-refractivity contribution in [3.05, 3.63) is 35.2 Å². The molecule has 1 aromatic heterocycles. The number of benzene rings is 1. The fraction of sp³-hybridized carbons (Fsp3) is 0.692. The van der Waals surface area contributed by atoms with Gasteiger partial charge in [0, 0.05) is 68.9 Å². The van der Waals surface area contributed by atoms with Crippen molar-refractivity contribution in [1.82, 2.24) is 34.9 Å². The van der Waals surface area contributed by atoms with E-state index in [0.717, 1.165) is 36.1 Å². The molecule has 2 aromatic rings. The highest BCUT2D eigenvalue weighted by molar-refractivity contribution is 7.99. The van der Waals surface area contributed by atoms with Gasteiger partial charge in [-0.2, -0.15) is 11.8 Å². The molecular formula is C39H63N7O5S2. The highest BCUT2D eigenvalue weighted by Gasteiger charge is 2.39. The molecule has 1 saturated heterocycles. The van der Waals surface area contributed by atoms with Crippen LogP contribution in [0.2, 0.25) is 0 Å². The predicted octanol–water partition coefficient (Wildman–Crippen LogP) is 4.94. The van der Waals surface area contributed by atoms with E-state index in [1.54, 1.807) is 30.8 Å². The first-order valence-electron chi connectivity index (χ1n) is 18.9. The Bertz CT molecular complexity index is 1430. The van der Waals surface area contributed by atoms with E-state index in [1.807, 2.05) is 80.6 Å². The van der Waals surface area contributed by atoms with Crippen molar-refractivity contribution in [2.24, 2.45) is 17.8 Å². The normalized spacial score (nSPS) is 18.0. The van der Waals surface area contributed by atoms with Crippen LogP contribution in [0.15, 0.2) is 29.6 Å². The number of nitrogens with zero attached hydrogens (tertiary/aromatic N) is 5. The van der Waals surface area contributed by atoms with Crippen molar-refractivity contribution < 1.29 is 23.9 Å². The second-order valence-electron chi connectivity index (χ2n) is 15.1. The molecule has 1 aromatic carbocycles. The molecule has 7 unspecified atom stereocenters. The largest absolute Gasteiger partial charge is 0.379 e. The highest BCUT2D eigenvalue weighted by Crippen LogP contribution is 2.31. The van der Waals surface area contributed by atoms with Gasteiger partial charge in [-0.25, -0.2) is 0 Å². The van der Waals surface area contributed by atoms with Crippen LogP contribution < -0.4 is 10.6 Å². The summed E-state index contributed by atoms with van der Waals surface area (Å²) in [5.41, 5.74) is 2.81. The van der Waals surface area contributed by atoms with E-state index < -0.39 is 6.10 Å².